The van der Waals surface area contributed by atoms with E-state index in [-0.39, 0.29) is 30.9 Å². The van der Waals surface area contributed by atoms with E-state index in [4.69, 9.17) is 4.74 Å². The maximum absolute atomic E-state index is 13.1. The molecule has 1 saturated heterocycles. The topological polar surface area (TPSA) is 122 Å². The van der Waals surface area contributed by atoms with Gasteiger partial charge in [-0.2, -0.15) is 0 Å². The molecular formula is C25H25N3O6S. The molecule has 9 nitrogen and oxygen atoms in total. The number of anilines is 1. The number of hydrogen-bond acceptors (Lipinski definition) is 6. The lowest BCUT2D eigenvalue weighted by Crippen LogP contribution is -2.45. The average molecular weight is 496 g/mol. The summed E-state index contributed by atoms with van der Waals surface area (Å²) in [5.74, 6) is -1.04. The Balaban J connectivity index is 1.55. The number of rotatable bonds is 7. The van der Waals surface area contributed by atoms with Crippen molar-refractivity contribution in [3.05, 3.63) is 72.3 Å². The van der Waals surface area contributed by atoms with Crippen molar-refractivity contribution in [3.63, 3.8) is 0 Å². The standard InChI is InChI=1S/C25H25N3O6S/c1-2-26-35(32,33)22-13-7-10-18-19(22)11-6-12-20(18)27-24(30)21-14-15-23(29)28(21)25(31)34-16-17-8-4-3-5-9-17/h3-13,21,26H,2,14-16H2,1H3,(H,27,30). The number of nitrogens with zero attached hydrogens (tertiary/aromatic N) is 1. The molecule has 10 heteroatoms. The van der Waals surface area contributed by atoms with Gasteiger partial charge in [0, 0.05) is 29.4 Å². The first-order valence-corrected chi connectivity index (χ1v) is 12.6. The van der Waals surface area contributed by atoms with Gasteiger partial charge in [-0.15, -0.1) is 0 Å². The predicted molar refractivity (Wildman–Crippen MR) is 130 cm³/mol. The largest absolute Gasteiger partial charge is 0.444 e. The third kappa shape index (κ3) is 5.18. The molecule has 1 aliphatic heterocycles. The smallest absolute Gasteiger partial charge is 0.417 e. The van der Waals surface area contributed by atoms with Crippen LogP contribution in [0, 0.1) is 0 Å². The van der Waals surface area contributed by atoms with Crippen molar-refractivity contribution >= 4 is 44.4 Å². The van der Waals surface area contributed by atoms with Crippen LogP contribution in [-0.4, -0.2) is 43.8 Å². The maximum Gasteiger partial charge on any atom is 0.417 e. The van der Waals surface area contributed by atoms with E-state index in [0.717, 1.165) is 10.5 Å². The lowest BCUT2D eigenvalue weighted by atomic mass is 10.1. The molecule has 3 aromatic rings. The van der Waals surface area contributed by atoms with Crippen molar-refractivity contribution in [1.82, 2.24) is 9.62 Å². The van der Waals surface area contributed by atoms with E-state index in [2.05, 4.69) is 10.0 Å². The molecule has 1 unspecified atom stereocenters. The molecule has 0 saturated carbocycles. The Kier molecular flexibility index (Phi) is 7.13. The Bertz CT molecular complexity index is 1370. The zero-order chi connectivity index (χ0) is 25.0. The van der Waals surface area contributed by atoms with E-state index in [1.807, 2.05) is 6.07 Å². The zero-order valence-electron chi connectivity index (χ0n) is 19.1. The van der Waals surface area contributed by atoms with Gasteiger partial charge in [-0.05, 0) is 24.1 Å². The van der Waals surface area contributed by atoms with E-state index in [1.165, 1.54) is 6.07 Å². The fourth-order valence-electron chi connectivity index (χ4n) is 4.06. The Morgan fingerprint density at radius 3 is 2.46 bits per heavy atom. The van der Waals surface area contributed by atoms with Crippen LogP contribution in [0.3, 0.4) is 0 Å². The number of carbonyl (C=O) groups excluding carboxylic acids is 3. The molecule has 3 amide bonds. The van der Waals surface area contributed by atoms with Gasteiger partial charge in [0.1, 0.15) is 12.6 Å². The van der Waals surface area contributed by atoms with Crippen molar-refractivity contribution in [2.24, 2.45) is 0 Å². The zero-order valence-corrected chi connectivity index (χ0v) is 19.9. The number of imide groups is 1. The minimum atomic E-state index is -3.73. The summed E-state index contributed by atoms with van der Waals surface area (Å²) in [7, 11) is -3.73. The van der Waals surface area contributed by atoms with Gasteiger partial charge in [-0.25, -0.2) is 22.8 Å². The Labute approximate surface area is 203 Å². The lowest BCUT2D eigenvalue weighted by Gasteiger charge is -2.22. The number of amides is 3. The average Bonchev–Trinajstić information content (AvgIpc) is 3.24. The van der Waals surface area contributed by atoms with Crippen LogP contribution in [0.25, 0.3) is 10.8 Å². The molecule has 0 bridgehead atoms. The van der Waals surface area contributed by atoms with Gasteiger partial charge in [-0.1, -0.05) is 61.5 Å². The molecule has 182 valence electrons. The van der Waals surface area contributed by atoms with Crippen LogP contribution in [0.15, 0.2) is 71.6 Å². The second kappa shape index (κ2) is 10.2. The molecule has 0 spiro atoms. The number of fused-ring (bicyclic) bond motifs is 1. The van der Waals surface area contributed by atoms with Crippen molar-refractivity contribution in [3.8, 4) is 0 Å². The SMILES string of the molecule is CCNS(=O)(=O)c1cccc2c(NC(=O)C3CCC(=O)N3C(=O)OCc3ccccc3)cccc12. The summed E-state index contributed by atoms with van der Waals surface area (Å²) >= 11 is 0. The third-order valence-corrected chi connectivity index (χ3v) is 7.28. The Morgan fingerprint density at radius 2 is 1.71 bits per heavy atom. The first-order chi connectivity index (χ1) is 16.8. The molecule has 1 aliphatic rings. The summed E-state index contributed by atoms with van der Waals surface area (Å²) in [6.45, 7) is 1.90. The van der Waals surface area contributed by atoms with Crippen LogP contribution in [0.2, 0.25) is 0 Å². The first-order valence-electron chi connectivity index (χ1n) is 11.2. The van der Waals surface area contributed by atoms with Crippen LogP contribution in [0.5, 0.6) is 0 Å². The molecule has 1 atom stereocenters. The summed E-state index contributed by atoms with van der Waals surface area (Å²) in [6.07, 6.45) is -0.678. The molecule has 1 fully saturated rings. The van der Waals surface area contributed by atoms with Crippen molar-refractivity contribution in [2.45, 2.75) is 37.3 Å². The molecule has 1 heterocycles. The highest BCUT2D eigenvalue weighted by atomic mass is 32.2. The van der Waals surface area contributed by atoms with Gasteiger partial charge < -0.3 is 10.1 Å². The number of carbonyl (C=O) groups is 3. The van der Waals surface area contributed by atoms with Crippen molar-refractivity contribution in [2.75, 3.05) is 11.9 Å². The minimum absolute atomic E-state index is 0.0236. The fraction of sp³-hybridized carbons (Fsp3) is 0.240. The van der Waals surface area contributed by atoms with Gasteiger partial charge in [0.15, 0.2) is 0 Å². The molecule has 2 N–H and O–H groups in total. The van der Waals surface area contributed by atoms with E-state index >= 15 is 0 Å². The van der Waals surface area contributed by atoms with Gasteiger partial charge in [0.05, 0.1) is 4.90 Å². The lowest BCUT2D eigenvalue weighted by molar-refractivity contribution is -0.131. The van der Waals surface area contributed by atoms with Gasteiger partial charge >= 0.3 is 6.09 Å². The van der Waals surface area contributed by atoms with Crippen molar-refractivity contribution in [1.29, 1.82) is 0 Å². The van der Waals surface area contributed by atoms with E-state index < -0.39 is 34.0 Å². The van der Waals surface area contributed by atoms with Crippen LogP contribution in [-0.2, 0) is 31.0 Å². The van der Waals surface area contributed by atoms with Gasteiger partial charge in [-0.3, -0.25) is 9.59 Å². The molecule has 0 radical (unpaired) electrons. The van der Waals surface area contributed by atoms with Crippen LogP contribution in [0.4, 0.5) is 10.5 Å². The molecule has 35 heavy (non-hydrogen) atoms. The molecule has 4 rings (SSSR count). The maximum atomic E-state index is 13.1. The van der Waals surface area contributed by atoms with E-state index in [9.17, 15) is 22.8 Å². The number of hydrogen-bond donors (Lipinski definition) is 2. The quantitative estimate of drug-likeness (QED) is 0.518. The third-order valence-electron chi connectivity index (χ3n) is 5.68. The minimum Gasteiger partial charge on any atom is -0.444 e. The highest BCUT2D eigenvalue weighted by Gasteiger charge is 2.41. The summed E-state index contributed by atoms with van der Waals surface area (Å²) in [5, 5.41) is 3.71. The van der Waals surface area contributed by atoms with Crippen LogP contribution >= 0.6 is 0 Å². The second-order valence-electron chi connectivity index (χ2n) is 8.01. The molecule has 0 aromatic heterocycles. The number of ether oxygens (including phenoxy) is 1. The summed E-state index contributed by atoms with van der Waals surface area (Å²) in [5.41, 5.74) is 1.13. The number of likely N-dealkylation sites (tertiary alicyclic amines) is 1. The highest BCUT2D eigenvalue weighted by molar-refractivity contribution is 7.89. The fourth-order valence-corrected chi connectivity index (χ4v) is 5.32. The van der Waals surface area contributed by atoms with E-state index in [1.54, 1.807) is 61.5 Å². The van der Waals surface area contributed by atoms with Crippen LogP contribution < -0.4 is 10.0 Å². The molecule has 0 aliphatic carbocycles. The molecule has 3 aromatic carbocycles. The Hall–Kier alpha value is -3.76. The number of sulfonamides is 1. The summed E-state index contributed by atoms with van der Waals surface area (Å²) in [4.78, 5) is 39.1. The normalized spacial score (nSPS) is 15.9. The highest BCUT2D eigenvalue weighted by Crippen LogP contribution is 2.30. The Morgan fingerprint density at radius 1 is 1.00 bits per heavy atom. The van der Waals surface area contributed by atoms with Crippen molar-refractivity contribution < 1.29 is 27.5 Å². The molecular weight excluding hydrogens is 470 g/mol. The summed E-state index contributed by atoms with van der Waals surface area (Å²) < 4.78 is 33.0. The second-order valence-corrected chi connectivity index (χ2v) is 9.74. The van der Waals surface area contributed by atoms with Gasteiger partial charge in [0.25, 0.3) is 0 Å². The summed E-state index contributed by atoms with van der Waals surface area (Å²) in [6, 6.07) is 17.7. The first kappa shape index (κ1) is 24.4. The number of nitrogens with one attached hydrogen (secondary N) is 2. The van der Waals surface area contributed by atoms with Crippen LogP contribution in [0.1, 0.15) is 25.3 Å². The number of benzene rings is 3. The predicted octanol–water partition coefficient (Wildman–Crippen LogP) is 3.40. The van der Waals surface area contributed by atoms with E-state index in [0.29, 0.717) is 16.5 Å². The monoisotopic (exact) mass is 495 g/mol. The van der Waals surface area contributed by atoms with Gasteiger partial charge in [0.2, 0.25) is 21.8 Å².